The van der Waals surface area contributed by atoms with Gasteiger partial charge >= 0.3 is 5.97 Å². The smallest absolute Gasteiger partial charge is 0.338 e. The second-order valence-corrected chi connectivity index (χ2v) is 8.11. The number of aromatic nitrogens is 2. The van der Waals surface area contributed by atoms with Crippen LogP contribution in [0.25, 0.3) is 16.6 Å². The molecule has 1 unspecified atom stereocenters. The highest BCUT2D eigenvalue weighted by Crippen LogP contribution is 2.32. The number of morpholine rings is 1. The number of fused-ring (bicyclic) bond motifs is 1. The van der Waals surface area contributed by atoms with Gasteiger partial charge in [-0.2, -0.15) is 0 Å². The Morgan fingerprint density at radius 3 is 2.47 bits per heavy atom. The van der Waals surface area contributed by atoms with Crippen LogP contribution in [0.2, 0.25) is 0 Å². The lowest BCUT2D eigenvalue weighted by molar-refractivity contribution is 0.0186. The summed E-state index contributed by atoms with van der Waals surface area (Å²) in [5.74, 6) is -0.271. The zero-order chi connectivity index (χ0) is 21.3. The highest BCUT2D eigenvalue weighted by molar-refractivity contribution is 5.93. The third kappa shape index (κ3) is 3.98. The molecule has 0 aromatic carbocycles. The van der Waals surface area contributed by atoms with Crippen LogP contribution in [0.5, 0.6) is 0 Å². The lowest BCUT2D eigenvalue weighted by Crippen LogP contribution is -2.39. The molecule has 6 nitrogen and oxygen atoms in total. The average Bonchev–Trinajstić information content (AvgIpc) is 3.17. The lowest BCUT2D eigenvalue weighted by Gasteiger charge is -2.34. The molecule has 158 valence electrons. The molecule has 1 aliphatic heterocycles. The van der Waals surface area contributed by atoms with E-state index in [-0.39, 0.29) is 18.1 Å². The number of ether oxygens (including phenoxy) is 2. The van der Waals surface area contributed by atoms with Crippen LogP contribution in [-0.4, -0.2) is 52.7 Å². The zero-order valence-corrected chi connectivity index (χ0v) is 18.1. The van der Waals surface area contributed by atoms with Gasteiger partial charge in [-0.15, -0.1) is 0 Å². The summed E-state index contributed by atoms with van der Waals surface area (Å²) in [6.07, 6.45) is 5.59. The van der Waals surface area contributed by atoms with E-state index in [9.17, 15) is 4.79 Å². The first-order valence-corrected chi connectivity index (χ1v) is 10.5. The molecule has 0 radical (unpaired) electrons. The summed E-state index contributed by atoms with van der Waals surface area (Å²) in [6, 6.07) is 8.21. The van der Waals surface area contributed by atoms with Crippen LogP contribution in [0.15, 0.2) is 42.9 Å². The second kappa shape index (κ2) is 8.58. The van der Waals surface area contributed by atoms with E-state index in [1.807, 2.05) is 39.0 Å². The van der Waals surface area contributed by atoms with E-state index in [0.717, 1.165) is 54.2 Å². The van der Waals surface area contributed by atoms with Gasteiger partial charge in [0.2, 0.25) is 0 Å². The van der Waals surface area contributed by atoms with Crippen LogP contribution in [0.3, 0.4) is 0 Å². The molecule has 0 saturated carbocycles. The molecular weight excluding hydrogens is 378 g/mol. The molecule has 4 heterocycles. The Morgan fingerprint density at radius 2 is 1.80 bits per heavy atom. The summed E-state index contributed by atoms with van der Waals surface area (Å²) in [5, 5.41) is 0. The van der Waals surface area contributed by atoms with Gasteiger partial charge < -0.3 is 13.9 Å². The first kappa shape index (κ1) is 20.6. The van der Waals surface area contributed by atoms with E-state index in [1.54, 1.807) is 12.4 Å². The van der Waals surface area contributed by atoms with Crippen molar-refractivity contribution in [2.24, 2.45) is 0 Å². The Bertz CT molecular complexity index is 1040. The predicted molar refractivity (Wildman–Crippen MR) is 117 cm³/mol. The van der Waals surface area contributed by atoms with Gasteiger partial charge in [0.15, 0.2) is 0 Å². The molecule has 6 heteroatoms. The van der Waals surface area contributed by atoms with Crippen molar-refractivity contribution in [1.82, 2.24) is 14.3 Å². The number of rotatable bonds is 5. The van der Waals surface area contributed by atoms with Gasteiger partial charge in [0.1, 0.15) is 0 Å². The van der Waals surface area contributed by atoms with E-state index in [2.05, 4.69) is 33.5 Å². The van der Waals surface area contributed by atoms with Gasteiger partial charge in [-0.1, -0.05) is 0 Å². The minimum Gasteiger partial charge on any atom is -0.459 e. The van der Waals surface area contributed by atoms with Crippen LogP contribution in [0, 0.1) is 6.92 Å². The maximum atomic E-state index is 12.9. The molecule has 0 amide bonds. The summed E-state index contributed by atoms with van der Waals surface area (Å²) in [4.78, 5) is 19.4. The van der Waals surface area contributed by atoms with E-state index in [0.29, 0.717) is 5.56 Å². The van der Waals surface area contributed by atoms with Crippen molar-refractivity contribution in [3.8, 4) is 11.1 Å². The Balaban J connectivity index is 1.87. The average molecular weight is 408 g/mol. The van der Waals surface area contributed by atoms with Gasteiger partial charge in [0, 0.05) is 54.5 Å². The van der Waals surface area contributed by atoms with Gasteiger partial charge in [0.05, 0.1) is 24.9 Å². The molecule has 1 aliphatic rings. The van der Waals surface area contributed by atoms with Gasteiger partial charge in [0.25, 0.3) is 0 Å². The van der Waals surface area contributed by atoms with E-state index < -0.39 is 0 Å². The maximum absolute atomic E-state index is 12.9. The van der Waals surface area contributed by atoms with Crippen molar-refractivity contribution in [3.05, 3.63) is 59.7 Å². The van der Waals surface area contributed by atoms with Crippen molar-refractivity contribution in [2.45, 2.75) is 39.8 Å². The molecule has 0 N–H and O–H groups in total. The Labute approximate surface area is 177 Å². The fourth-order valence-corrected chi connectivity index (χ4v) is 4.22. The zero-order valence-electron chi connectivity index (χ0n) is 18.1. The Hall–Kier alpha value is -2.70. The molecule has 3 aromatic rings. The fourth-order valence-electron chi connectivity index (χ4n) is 4.22. The number of esters is 1. The third-order valence-electron chi connectivity index (χ3n) is 5.76. The molecular formula is C24H29N3O3. The number of hydrogen-bond acceptors (Lipinski definition) is 5. The van der Waals surface area contributed by atoms with Crippen molar-refractivity contribution < 1.29 is 14.3 Å². The molecule has 30 heavy (non-hydrogen) atoms. The van der Waals surface area contributed by atoms with Crippen molar-refractivity contribution in [2.75, 3.05) is 26.3 Å². The van der Waals surface area contributed by atoms with Crippen LogP contribution >= 0.6 is 0 Å². The van der Waals surface area contributed by atoms with Crippen LogP contribution in [-0.2, 0) is 9.47 Å². The normalized spacial score (nSPS) is 16.2. The molecule has 0 bridgehead atoms. The van der Waals surface area contributed by atoms with Crippen LogP contribution in [0.4, 0.5) is 0 Å². The topological polar surface area (TPSA) is 56.1 Å². The van der Waals surface area contributed by atoms with Crippen LogP contribution < -0.4 is 0 Å². The number of hydrogen-bond donors (Lipinski definition) is 0. The number of carbonyl (C=O) groups excluding carboxylic acids is 1. The van der Waals surface area contributed by atoms with Gasteiger partial charge in [-0.05, 0) is 63.1 Å². The summed E-state index contributed by atoms with van der Waals surface area (Å²) in [6.45, 7) is 11.2. The second-order valence-electron chi connectivity index (χ2n) is 8.11. The standard InChI is InChI=1S/C24H29N3O3/c1-16(2)30-24(28)22-14-21-13-20(19-5-7-25-8-6-19)15-27(21)23(17(22)3)18(4)26-9-11-29-12-10-26/h5-8,13-16,18H,9-12H2,1-4H3. The number of pyridine rings is 2. The largest absolute Gasteiger partial charge is 0.459 e. The third-order valence-corrected chi connectivity index (χ3v) is 5.76. The molecule has 0 aliphatic carbocycles. The van der Waals surface area contributed by atoms with Gasteiger partial charge in [-0.25, -0.2) is 4.79 Å². The predicted octanol–water partition coefficient (Wildman–Crippen LogP) is 4.27. The highest BCUT2D eigenvalue weighted by Gasteiger charge is 2.26. The van der Waals surface area contributed by atoms with Gasteiger partial charge in [-0.3, -0.25) is 9.88 Å². The molecule has 4 rings (SSSR count). The fraction of sp³-hybridized carbons (Fsp3) is 0.417. The van der Waals surface area contributed by atoms with E-state index >= 15 is 0 Å². The molecule has 3 aromatic heterocycles. The van der Waals surface area contributed by atoms with Crippen LogP contribution in [0.1, 0.15) is 48.4 Å². The Kier molecular flexibility index (Phi) is 5.88. The molecule has 0 spiro atoms. The number of carbonyl (C=O) groups is 1. The maximum Gasteiger partial charge on any atom is 0.338 e. The first-order valence-electron chi connectivity index (χ1n) is 10.5. The monoisotopic (exact) mass is 407 g/mol. The van der Waals surface area contributed by atoms with E-state index in [4.69, 9.17) is 9.47 Å². The van der Waals surface area contributed by atoms with E-state index in [1.165, 1.54) is 0 Å². The quantitative estimate of drug-likeness (QED) is 0.591. The molecule has 1 fully saturated rings. The molecule has 1 atom stereocenters. The minimum absolute atomic E-state index is 0.140. The lowest BCUT2D eigenvalue weighted by atomic mass is 10.0. The van der Waals surface area contributed by atoms with Crippen molar-refractivity contribution in [3.63, 3.8) is 0 Å². The summed E-state index contributed by atoms with van der Waals surface area (Å²) >= 11 is 0. The van der Waals surface area contributed by atoms with Crippen molar-refractivity contribution >= 4 is 11.5 Å². The summed E-state index contributed by atoms with van der Waals surface area (Å²) in [5.41, 5.74) is 5.89. The number of nitrogens with zero attached hydrogens (tertiary/aromatic N) is 3. The minimum atomic E-state index is -0.271. The first-order chi connectivity index (χ1) is 14.5. The Morgan fingerprint density at radius 1 is 1.10 bits per heavy atom. The van der Waals surface area contributed by atoms with Crippen molar-refractivity contribution in [1.29, 1.82) is 0 Å². The summed E-state index contributed by atoms with van der Waals surface area (Å²) < 4.78 is 13.3. The summed E-state index contributed by atoms with van der Waals surface area (Å²) in [7, 11) is 0. The highest BCUT2D eigenvalue weighted by atomic mass is 16.5. The molecule has 1 saturated heterocycles. The SMILES string of the molecule is Cc1c(C(=O)OC(C)C)cc2cc(-c3ccncc3)cn2c1C(C)N1CCOCC1.